The van der Waals surface area contributed by atoms with Crippen molar-refractivity contribution >= 4 is 29.2 Å². The third-order valence-electron chi connectivity index (χ3n) is 9.93. The molecule has 0 amide bonds. The number of rotatable bonds is 5. The quantitative estimate of drug-likeness (QED) is 0.175. The van der Waals surface area contributed by atoms with Gasteiger partial charge in [0.2, 0.25) is 0 Å². The highest BCUT2D eigenvalue weighted by Gasteiger charge is 2.37. The first-order chi connectivity index (χ1) is 24.0. The van der Waals surface area contributed by atoms with E-state index in [1.807, 2.05) is 6.07 Å². The lowest BCUT2D eigenvalue weighted by molar-refractivity contribution is 1.07. The molecule has 1 aliphatic rings. The molecule has 232 valence electrons. The van der Waals surface area contributed by atoms with Crippen molar-refractivity contribution in [2.75, 3.05) is 0 Å². The number of benzene rings is 7. The highest BCUT2D eigenvalue weighted by molar-refractivity contribution is 7.03. The Morgan fingerprint density at radius 1 is 0.327 bits per heavy atom. The first kappa shape index (κ1) is 29.2. The molecule has 49 heavy (non-hydrogen) atoms. The van der Waals surface area contributed by atoms with E-state index in [9.17, 15) is 0 Å². The van der Waals surface area contributed by atoms with E-state index in [1.54, 1.807) is 0 Å². The number of fused-ring (bicyclic) bond motifs is 4. The zero-order valence-electron chi connectivity index (χ0n) is 27.4. The van der Waals surface area contributed by atoms with Crippen LogP contribution in [0, 0.1) is 0 Å². The molecule has 0 unspecified atom stereocenters. The van der Waals surface area contributed by atoms with Gasteiger partial charge in [-0.2, -0.15) is 0 Å². The molecule has 0 radical (unpaired) electrons. The SMILES string of the molecule is C[Si]1(C)c2ccccc2-c2cc(-c3nc(-c4ccc(-c5ccc6ccccc6c5)cc4)nc(-c4cccc(-c5ccccc5)c4)n3)ccc21. The van der Waals surface area contributed by atoms with Crippen LogP contribution in [-0.2, 0) is 0 Å². The van der Waals surface area contributed by atoms with E-state index in [4.69, 9.17) is 15.0 Å². The van der Waals surface area contributed by atoms with Crippen molar-refractivity contribution in [1.29, 1.82) is 0 Å². The fourth-order valence-electron chi connectivity index (χ4n) is 7.27. The maximum Gasteiger partial charge on any atom is 0.164 e. The molecule has 1 aliphatic heterocycles. The van der Waals surface area contributed by atoms with Crippen molar-refractivity contribution in [3.63, 3.8) is 0 Å². The largest absolute Gasteiger partial charge is 0.208 e. The third kappa shape index (κ3) is 5.18. The van der Waals surface area contributed by atoms with Gasteiger partial charge in [-0.3, -0.25) is 0 Å². The van der Waals surface area contributed by atoms with Gasteiger partial charge in [0.25, 0.3) is 0 Å². The minimum atomic E-state index is -1.77. The van der Waals surface area contributed by atoms with Crippen molar-refractivity contribution in [3.05, 3.63) is 164 Å². The lowest BCUT2D eigenvalue weighted by atomic mass is 10.00. The summed E-state index contributed by atoms with van der Waals surface area (Å²) in [5, 5.41) is 5.43. The maximum absolute atomic E-state index is 5.14. The molecule has 1 aromatic heterocycles. The van der Waals surface area contributed by atoms with Gasteiger partial charge in [-0.15, -0.1) is 0 Å². The first-order valence-corrected chi connectivity index (χ1v) is 19.8. The first-order valence-electron chi connectivity index (χ1n) is 16.8. The minimum Gasteiger partial charge on any atom is -0.208 e. The third-order valence-corrected chi connectivity index (χ3v) is 13.5. The van der Waals surface area contributed by atoms with Crippen molar-refractivity contribution in [3.8, 4) is 67.5 Å². The van der Waals surface area contributed by atoms with Crippen LogP contribution in [0.3, 0.4) is 0 Å². The van der Waals surface area contributed by atoms with Gasteiger partial charge in [-0.1, -0.05) is 159 Å². The molecule has 0 saturated heterocycles. The Kier molecular flexibility index (Phi) is 6.92. The Labute approximate surface area is 287 Å². The predicted molar refractivity (Wildman–Crippen MR) is 207 cm³/mol. The number of hydrogen-bond acceptors (Lipinski definition) is 3. The topological polar surface area (TPSA) is 38.7 Å². The second-order valence-corrected chi connectivity index (χ2v) is 17.7. The van der Waals surface area contributed by atoms with Crippen molar-refractivity contribution in [1.82, 2.24) is 15.0 Å². The molecule has 9 rings (SSSR count). The summed E-state index contributed by atoms with van der Waals surface area (Å²) in [4.78, 5) is 15.4. The zero-order valence-corrected chi connectivity index (χ0v) is 28.4. The molecule has 0 spiro atoms. The smallest absolute Gasteiger partial charge is 0.164 e. The van der Waals surface area contributed by atoms with Gasteiger partial charge in [-0.25, -0.2) is 15.0 Å². The second-order valence-electron chi connectivity index (χ2n) is 13.3. The van der Waals surface area contributed by atoms with Crippen LogP contribution < -0.4 is 10.4 Å². The van der Waals surface area contributed by atoms with Crippen LogP contribution in [0.5, 0.6) is 0 Å². The standard InChI is InChI=1S/C45H33N3Si/c1-49(2)41-18-9-8-17-39(41)40-29-38(25-26-42(40)49)45-47-43(46-44(48-45)37-16-10-15-35(28-37)30-11-4-3-5-12-30)33-22-19-32(20-23-33)36-24-21-31-13-6-7-14-34(31)27-36/h3-29H,1-2H3. The average molecular weight is 644 g/mol. The summed E-state index contributed by atoms with van der Waals surface area (Å²) >= 11 is 0. The lowest BCUT2D eigenvalue weighted by Gasteiger charge is -2.18. The van der Waals surface area contributed by atoms with Crippen molar-refractivity contribution in [2.24, 2.45) is 0 Å². The van der Waals surface area contributed by atoms with Crippen LogP contribution in [0.4, 0.5) is 0 Å². The summed E-state index contributed by atoms with van der Waals surface area (Å²) in [6.45, 7) is 4.88. The van der Waals surface area contributed by atoms with Gasteiger partial charge in [-0.05, 0) is 72.7 Å². The Hall–Kier alpha value is -5.97. The minimum absolute atomic E-state index is 0.658. The van der Waals surface area contributed by atoms with Crippen LogP contribution in [0.25, 0.3) is 78.3 Å². The van der Waals surface area contributed by atoms with Gasteiger partial charge >= 0.3 is 0 Å². The number of nitrogens with zero attached hydrogens (tertiary/aromatic N) is 3. The molecule has 2 heterocycles. The molecule has 0 saturated carbocycles. The summed E-state index contributed by atoms with van der Waals surface area (Å²) in [7, 11) is -1.77. The molecule has 0 fully saturated rings. The maximum atomic E-state index is 5.14. The summed E-state index contributed by atoms with van der Waals surface area (Å²) < 4.78 is 0. The van der Waals surface area contributed by atoms with E-state index in [2.05, 4.69) is 171 Å². The van der Waals surface area contributed by atoms with Crippen LogP contribution in [0.2, 0.25) is 13.1 Å². The van der Waals surface area contributed by atoms with Crippen molar-refractivity contribution in [2.45, 2.75) is 13.1 Å². The predicted octanol–water partition coefficient (Wildman–Crippen LogP) is 10.2. The second kappa shape index (κ2) is 11.6. The van der Waals surface area contributed by atoms with Gasteiger partial charge in [0.05, 0.1) is 0 Å². The summed E-state index contributed by atoms with van der Waals surface area (Å²) in [5.41, 5.74) is 10.2. The molecule has 4 heteroatoms. The monoisotopic (exact) mass is 643 g/mol. The molecule has 8 aromatic rings. The van der Waals surface area contributed by atoms with E-state index in [0.29, 0.717) is 17.5 Å². The van der Waals surface area contributed by atoms with Gasteiger partial charge in [0.1, 0.15) is 8.07 Å². The number of hydrogen-bond donors (Lipinski definition) is 0. The Morgan fingerprint density at radius 2 is 0.837 bits per heavy atom. The molecule has 3 nitrogen and oxygen atoms in total. The van der Waals surface area contributed by atoms with Gasteiger partial charge < -0.3 is 0 Å². The molecule has 0 N–H and O–H groups in total. The van der Waals surface area contributed by atoms with Gasteiger partial charge in [0.15, 0.2) is 17.5 Å². The molecular formula is C45H33N3Si. The zero-order chi connectivity index (χ0) is 33.0. The molecule has 0 atom stereocenters. The van der Waals surface area contributed by atoms with Crippen LogP contribution >= 0.6 is 0 Å². The van der Waals surface area contributed by atoms with E-state index in [0.717, 1.165) is 33.4 Å². The molecular weight excluding hydrogens is 611 g/mol. The van der Waals surface area contributed by atoms with Crippen LogP contribution in [0.1, 0.15) is 0 Å². The van der Waals surface area contributed by atoms with E-state index in [1.165, 1.54) is 37.8 Å². The molecule has 7 aromatic carbocycles. The average Bonchev–Trinajstić information content (AvgIpc) is 3.40. The van der Waals surface area contributed by atoms with Gasteiger partial charge in [0, 0.05) is 16.7 Å². The summed E-state index contributed by atoms with van der Waals surface area (Å²) in [6, 6.07) is 58.3. The lowest BCUT2D eigenvalue weighted by Crippen LogP contribution is -2.49. The summed E-state index contributed by atoms with van der Waals surface area (Å²) in [6.07, 6.45) is 0. The number of aromatic nitrogens is 3. The highest BCUT2D eigenvalue weighted by Crippen LogP contribution is 2.34. The summed E-state index contributed by atoms with van der Waals surface area (Å²) in [5.74, 6) is 1.99. The molecule has 0 aliphatic carbocycles. The fraction of sp³-hybridized carbons (Fsp3) is 0.0444. The van der Waals surface area contributed by atoms with Crippen molar-refractivity contribution < 1.29 is 0 Å². The Morgan fingerprint density at radius 3 is 1.63 bits per heavy atom. The van der Waals surface area contributed by atoms with Crippen LogP contribution in [-0.4, -0.2) is 23.0 Å². The Balaban J connectivity index is 1.17. The van der Waals surface area contributed by atoms with E-state index >= 15 is 0 Å². The normalized spacial score (nSPS) is 12.9. The van der Waals surface area contributed by atoms with E-state index < -0.39 is 8.07 Å². The fourth-order valence-corrected chi connectivity index (χ4v) is 10.3. The highest BCUT2D eigenvalue weighted by atomic mass is 28.3. The van der Waals surface area contributed by atoms with Crippen LogP contribution in [0.15, 0.2) is 164 Å². The van der Waals surface area contributed by atoms with E-state index in [-0.39, 0.29) is 0 Å². The Bertz CT molecular complexity index is 2520. The molecule has 0 bridgehead atoms.